The average Bonchev–Trinajstić information content (AvgIpc) is 3.13. The molecule has 0 amide bonds. The van der Waals surface area contributed by atoms with Gasteiger partial charge in [-0.25, -0.2) is 0 Å². The molecule has 6 nitrogen and oxygen atoms in total. The maximum Gasteiger partial charge on any atom is 0.231 e. The van der Waals surface area contributed by atoms with E-state index in [1.807, 2.05) is 19.1 Å². The van der Waals surface area contributed by atoms with Crippen LogP contribution < -0.4 is 14.2 Å². The number of carbonyl (C=O) groups excluding carboxylic acids is 1. The van der Waals surface area contributed by atoms with Crippen molar-refractivity contribution >= 4 is 5.78 Å². The molecule has 26 heavy (non-hydrogen) atoms. The lowest BCUT2D eigenvalue weighted by atomic mass is 9.64. The van der Waals surface area contributed by atoms with Gasteiger partial charge >= 0.3 is 0 Å². The SMILES string of the molecule is C=CCC12CC(=O)C(O)C(C(C)C1c1cc(OC)c3c(c1)OCO3)C2O. The van der Waals surface area contributed by atoms with Gasteiger partial charge in [-0.3, -0.25) is 4.79 Å². The predicted molar refractivity (Wildman–Crippen MR) is 93.4 cm³/mol. The minimum Gasteiger partial charge on any atom is -0.493 e. The molecular formula is C20H24O6. The lowest BCUT2D eigenvalue weighted by Crippen LogP contribution is -2.49. The number of aliphatic hydroxyl groups is 2. The van der Waals surface area contributed by atoms with Crippen LogP contribution in [0, 0.1) is 17.3 Å². The maximum absolute atomic E-state index is 12.4. The van der Waals surface area contributed by atoms with Gasteiger partial charge in [0.05, 0.1) is 13.2 Å². The van der Waals surface area contributed by atoms with Gasteiger partial charge in [0.1, 0.15) is 6.10 Å². The zero-order valence-corrected chi connectivity index (χ0v) is 15.0. The van der Waals surface area contributed by atoms with Crippen molar-refractivity contribution in [3.63, 3.8) is 0 Å². The van der Waals surface area contributed by atoms with Gasteiger partial charge < -0.3 is 24.4 Å². The molecule has 2 bridgehead atoms. The fourth-order valence-electron chi connectivity index (χ4n) is 5.47. The summed E-state index contributed by atoms with van der Waals surface area (Å²) in [7, 11) is 1.57. The molecule has 6 unspecified atom stereocenters. The quantitative estimate of drug-likeness (QED) is 0.799. The van der Waals surface area contributed by atoms with Gasteiger partial charge in [0.25, 0.3) is 0 Å². The van der Waals surface area contributed by atoms with Crippen molar-refractivity contribution in [3.05, 3.63) is 30.4 Å². The molecule has 2 aliphatic carbocycles. The monoisotopic (exact) mass is 360 g/mol. The minimum atomic E-state index is -1.13. The van der Waals surface area contributed by atoms with Gasteiger partial charge in [-0.2, -0.15) is 0 Å². The Morgan fingerprint density at radius 1 is 1.38 bits per heavy atom. The molecule has 1 aromatic rings. The van der Waals surface area contributed by atoms with Gasteiger partial charge in [0, 0.05) is 17.8 Å². The van der Waals surface area contributed by atoms with E-state index in [0.717, 1.165) is 5.56 Å². The Morgan fingerprint density at radius 2 is 2.15 bits per heavy atom. The number of hydrogen-bond acceptors (Lipinski definition) is 6. The van der Waals surface area contributed by atoms with Gasteiger partial charge in [0.2, 0.25) is 12.5 Å². The summed E-state index contributed by atoms with van der Waals surface area (Å²) in [6.45, 7) is 5.96. The summed E-state index contributed by atoms with van der Waals surface area (Å²) in [5, 5.41) is 21.5. The lowest BCUT2D eigenvalue weighted by molar-refractivity contribution is -0.146. The minimum absolute atomic E-state index is 0.0866. The lowest BCUT2D eigenvalue weighted by Gasteiger charge is -2.41. The zero-order valence-electron chi connectivity index (χ0n) is 15.0. The van der Waals surface area contributed by atoms with Crippen LogP contribution in [0.15, 0.2) is 24.8 Å². The second-order valence-electron chi connectivity index (χ2n) is 7.63. The number of carbonyl (C=O) groups is 1. The molecule has 6 atom stereocenters. The molecule has 1 aliphatic heterocycles. The Hall–Kier alpha value is -2.05. The van der Waals surface area contributed by atoms with Crippen LogP contribution in [0.25, 0.3) is 0 Å². The van der Waals surface area contributed by atoms with Crippen LogP contribution in [0.4, 0.5) is 0 Å². The smallest absolute Gasteiger partial charge is 0.231 e. The van der Waals surface area contributed by atoms with Crippen LogP contribution >= 0.6 is 0 Å². The Morgan fingerprint density at radius 3 is 2.85 bits per heavy atom. The second kappa shape index (κ2) is 5.99. The first kappa shape index (κ1) is 17.4. The van der Waals surface area contributed by atoms with Crippen LogP contribution in [-0.4, -0.2) is 42.1 Å². The highest BCUT2D eigenvalue weighted by atomic mass is 16.7. The molecule has 140 valence electrons. The van der Waals surface area contributed by atoms with Gasteiger partial charge in [-0.1, -0.05) is 13.0 Å². The highest BCUT2D eigenvalue weighted by molar-refractivity contribution is 5.86. The van der Waals surface area contributed by atoms with Crippen molar-refractivity contribution in [1.29, 1.82) is 0 Å². The number of benzene rings is 1. The van der Waals surface area contributed by atoms with E-state index in [4.69, 9.17) is 14.2 Å². The van der Waals surface area contributed by atoms with Crippen LogP contribution in [-0.2, 0) is 4.79 Å². The summed E-state index contributed by atoms with van der Waals surface area (Å²) in [6.07, 6.45) is 0.474. The predicted octanol–water partition coefficient (Wildman–Crippen LogP) is 2.03. The second-order valence-corrected chi connectivity index (χ2v) is 7.63. The molecule has 2 saturated carbocycles. The molecule has 1 heterocycles. The summed E-state index contributed by atoms with van der Waals surface area (Å²) < 4.78 is 16.5. The van der Waals surface area contributed by atoms with E-state index in [9.17, 15) is 15.0 Å². The van der Waals surface area contributed by atoms with Crippen LogP contribution in [0.5, 0.6) is 17.2 Å². The summed E-state index contributed by atoms with van der Waals surface area (Å²) in [5.41, 5.74) is 0.241. The molecule has 3 aliphatic rings. The number of aliphatic hydroxyl groups excluding tert-OH is 2. The third-order valence-electron chi connectivity index (χ3n) is 6.47. The summed E-state index contributed by atoms with van der Waals surface area (Å²) >= 11 is 0. The first-order chi connectivity index (χ1) is 12.4. The molecular weight excluding hydrogens is 336 g/mol. The van der Waals surface area contributed by atoms with Gasteiger partial charge in [-0.15, -0.1) is 6.58 Å². The van der Waals surface area contributed by atoms with Gasteiger partial charge in [0.15, 0.2) is 17.3 Å². The number of Topliss-reactive ketones (excluding diaryl/α,β-unsaturated/α-hetero) is 1. The van der Waals surface area contributed by atoms with E-state index in [0.29, 0.717) is 23.7 Å². The van der Waals surface area contributed by atoms with E-state index in [-0.39, 0.29) is 30.8 Å². The average molecular weight is 360 g/mol. The summed E-state index contributed by atoms with van der Waals surface area (Å²) in [5.74, 6) is 0.824. The van der Waals surface area contributed by atoms with Gasteiger partial charge in [-0.05, 0) is 36.0 Å². The fourth-order valence-corrected chi connectivity index (χ4v) is 5.47. The van der Waals surface area contributed by atoms with Crippen molar-refractivity contribution in [2.45, 2.75) is 37.9 Å². The number of hydrogen-bond donors (Lipinski definition) is 2. The molecule has 0 saturated heterocycles. The number of rotatable bonds is 4. The maximum atomic E-state index is 12.4. The number of fused-ring (bicyclic) bond motifs is 3. The molecule has 0 aromatic heterocycles. The van der Waals surface area contributed by atoms with E-state index >= 15 is 0 Å². The van der Waals surface area contributed by atoms with Crippen molar-refractivity contribution in [1.82, 2.24) is 0 Å². The molecule has 0 spiro atoms. The van der Waals surface area contributed by atoms with E-state index < -0.39 is 23.5 Å². The molecule has 6 heteroatoms. The Labute approximate surface area is 152 Å². The largest absolute Gasteiger partial charge is 0.493 e. The normalized spacial score (nSPS) is 37.7. The Kier molecular flexibility index (Phi) is 4.00. The first-order valence-corrected chi connectivity index (χ1v) is 8.92. The zero-order chi connectivity index (χ0) is 18.6. The Bertz CT molecular complexity index is 759. The molecule has 0 radical (unpaired) electrons. The molecule has 2 N–H and O–H groups in total. The third kappa shape index (κ3) is 2.15. The molecule has 1 aromatic carbocycles. The van der Waals surface area contributed by atoms with Crippen LogP contribution in [0.1, 0.15) is 31.2 Å². The molecule has 4 rings (SSSR count). The summed E-state index contributed by atoms with van der Waals surface area (Å²) in [6, 6.07) is 3.80. The van der Waals surface area contributed by atoms with E-state index in [2.05, 4.69) is 6.58 Å². The van der Waals surface area contributed by atoms with Crippen molar-refractivity contribution in [2.24, 2.45) is 17.3 Å². The van der Waals surface area contributed by atoms with E-state index in [1.165, 1.54) is 0 Å². The van der Waals surface area contributed by atoms with Crippen LogP contribution in [0.2, 0.25) is 0 Å². The highest BCUT2D eigenvalue weighted by Crippen LogP contribution is 2.63. The summed E-state index contributed by atoms with van der Waals surface area (Å²) in [4.78, 5) is 12.4. The Balaban J connectivity index is 1.87. The first-order valence-electron chi connectivity index (χ1n) is 8.92. The van der Waals surface area contributed by atoms with Crippen molar-refractivity contribution < 1.29 is 29.2 Å². The fraction of sp³-hybridized carbons (Fsp3) is 0.550. The standard InChI is InChI=1S/C20H24O6/c1-4-5-20-8-12(21)17(22)15(19(20)23)10(2)16(20)11-6-13(24-3)18-14(7-11)25-9-26-18/h4,6-7,10,15-17,19,22-23H,1,5,8-9H2,2-3H3. The number of allylic oxidation sites excluding steroid dienone is 1. The highest BCUT2D eigenvalue weighted by Gasteiger charge is 2.64. The third-order valence-corrected chi connectivity index (χ3v) is 6.47. The molecule has 2 fully saturated rings. The van der Waals surface area contributed by atoms with Crippen LogP contribution in [0.3, 0.4) is 0 Å². The van der Waals surface area contributed by atoms with Crippen molar-refractivity contribution in [3.8, 4) is 17.2 Å². The topological polar surface area (TPSA) is 85.2 Å². The number of ketones is 1. The van der Waals surface area contributed by atoms with Crippen molar-refractivity contribution in [2.75, 3.05) is 13.9 Å². The van der Waals surface area contributed by atoms with E-state index in [1.54, 1.807) is 13.2 Å². The number of ether oxygens (including phenoxy) is 3. The number of methoxy groups -OCH3 is 1.